The first-order valence-corrected chi connectivity index (χ1v) is 9.13. The van der Waals surface area contributed by atoms with Crippen LogP contribution in [0, 0.1) is 6.92 Å². The van der Waals surface area contributed by atoms with E-state index in [0.717, 1.165) is 56.4 Å². The minimum absolute atomic E-state index is 0.275. The molecule has 1 aromatic rings. The van der Waals surface area contributed by atoms with Gasteiger partial charge >= 0.3 is 0 Å². The van der Waals surface area contributed by atoms with E-state index in [1.807, 2.05) is 0 Å². The Balaban J connectivity index is 1.50. The molecule has 0 aliphatic carbocycles. The number of piperidine rings is 1. The summed E-state index contributed by atoms with van der Waals surface area (Å²) in [4.78, 5) is 7.47. The average Bonchev–Trinajstić information content (AvgIpc) is 2.59. The number of hydrogen-bond donors (Lipinski definition) is 1. The van der Waals surface area contributed by atoms with Crippen molar-refractivity contribution in [2.45, 2.75) is 25.8 Å². The largest absolute Gasteiger partial charge is 0.395 e. The van der Waals surface area contributed by atoms with Gasteiger partial charge in [0.2, 0.25) is 0 Å². The molecule has 0 amide bonds. The van der Waals surface area contributed by atoms with E-state index in [-0.39, 0.29) is 6.61 Å². The van der Waals surface area contributed by atoms with Crippen molar-refractivity contribution in [2.75, 3.05) is 57.3 Å². The molecule has 5 heteroatoms. The maximum absolute atomic E-state index is 9.04. The standard InChI is InChI=1S/C18H28ClN3O/c1-15-2-3-17(14-18(15)19)21-6-4-16(5-7-21)22-10-8-20(9-11-22)12-13-23/h2-3,14,16,23H,4-13H2,1H3. The quantitative estimate of drug-likeness (QED) is 0.912. The molecule has 2 aliphatic rings. The first kappa shape index (κ1) is 17.0. The second kappa shape index (κ2) is 7.84. The van der Waals surface area contributed by atoms with Crippen LogP contribution in [0.3, 0.4) is 0 Å². The van der Waals surface area contributed by atoms with Gasteiger partial charge in [-0.2, -0.15) is 0 Å². The molecule has 0 aromatic heterocycles. The molecule has 0 unspecified atom stereocenters. The highest BCUT2D eigenvalue weighted by molar-refractivity contribution is 6.31. The highest BCUT2D eigenvalue weighted by Gasteiger charge is 2.27. The number of β-amino-alcohol motifs (C(OH)–C–C–N with tert-alkyl or cyclic N) is 1. The van der Waals surface area contributed by atoms with Crippen LogP contribution in [0.5, 0.6) is 0 Å². The molecular formula is C18H28ClN3O. The summed E-state index contributed by atoms with van der Waals surface area (Å²) in [6.45, 7) is 9.83. The Morgan fingerprint density at radius 1 is 1.09 bits per heavy atom. The molecule has 1 N–H and O–H groups in total. The Hall–Kier alpha value is -0.810. The van der Waals surface area contributed by atoms with Gasteiger partial charge in [-0.3, -0.25) is 9.80 Å². The Labute approximate surface area is 144 Å². The molecule has 2 fully saturated rings. The van der Waals surface area contributed by atoms with Crippen molar-refractivity contribution in [3.8, 4) is 0 Å². The molecule has 0 radical (unpaired) electrons. The van der Waals surface area contributed by atoms with Gasteiger partial charge in [-0.1, -0.05) is 17.7 Å². The summed E-state index contributed by atoms with van der Waals surface area (Å²) >= 11 is 6.27. The Morgan fingerprint density at radius 3 is 2.39 bits per heavy atom. The lowest BCUT2D eigenvalue weighted by molar-refractivity contribution is 0.0747. The molecular weight excluding hydrogens is 310 g/mol. The molecule has 1 aromatic carbocycles. The number of aliphatic hydroxyl groups is 1. The fourth-order valence-corrected chi connectivity index (χ4v) is 3.94. The Bertz CT molecular complexity index is 509. The molecule has 0 saturated carbocycles. The van der Waals surface area contributed by atoms with Crippen LogP contribution in [0.4, 0.5) is 5.69 Å². The minimum atomic E-state index is 0.275. The van der Waals surface area contributed by atoms with Crippen LogP contribution in [-0.4, -0.2) is 73.4 Å². The first-order chi connectivity index (χ1) is 11.2. The van der Waals surface area contributed by atoms with Crippen molar-refractivity contribution in [3.05, 3.63) is 28.8 Å². The summed E-state index contributed by atoms with van der Waals surface area (Å²) in [6, 6.07) is 7.12. The van der Waals surface area contributed by atoms with Crippen LogP contribution >= 0.6 is 11.6 Å². The topological polar surface area (TPSA) is 30.0 Å². The van der Waals surface area contributed by atoms with Crippen LogP contribution < -0.4 is 4.90 Å². The highest BCUT2D eigenvalue weighted by atomic mass is 35.5. The molecule has 23 heavy (non-hydrogen) atoms. The second-order valence-corrected chi connectivity index (χ2v) is 7.16. The Morgan fingerprint density at radius 2 is 1.78 bits per heavy atom. The zero-order chi connectivity index (χ0) is 16.2. The third-order valence-electron chi connectivity index (χ3n) is 5.32. The maximum atomic E-state index is 9.04. The van der Waals surface area contributed by atoms with Gasteiger partial charge < -0.3 is 10.0 Å². The molecule has 3 rings (SSSR count). The predicted octanol–water partition coefficient (Wildman–Crippen LogP) is 2.23. The van der Waals surface area contributed by atoms with Crippen LogP contribution in [0.2, 0.25) is 5.02 Å². The number of halogens is 1. The fraction of sp³-hybridized carbons (Fsp3) is 0.667. The van der Waals surface area contributed by atoms with Crippen LogP contribution in [-0.2, 0) is 0 Å². The zero-order valence-corrected chi connectivity index (χ0v) is 14.8. The molecule has 0 atom stereocenters. The van der Waals surface area contributed by atoms with Crippen molar-refractivity contribution in [3.63, 3.8) is 0 Å². The van der Waals surface area contributed by atoms with Crippen molar-refractivity contribution in [1.29, 1.82) is 0 Å². The number of piperazine rings is 1. The van der Waals surface area contributed by atoms with E-state index in [4.69, 9.17) is 16.7 Å². The van der Waals surface area contributed by atoms with E-state index in [1.165, 1.54) is 18.5 Å². The van der Waals surface area contributed by atoms with Gasteiger partial charge in [-0.05, 0) is 37.5 Å². The van der Waals surface area contributed by atoms with Gasteiger partial charge in [-0.15, -0.1) is 0 Å². The van der Waals surface area contributed by atoms with E-state index < -0.39 is 0 Å². The predicted molar refractivity (Wildman–Crippen MR) is 96.5 cm³/mol. The number of nitrogens with zero attached hydrogens (tertiary/aromatic N) is 3. The molecule has 2 aliphatic heterocycles. The van der Waals surface area contributed by atoms with Crippen LogP contribution in [0.1, 0.15) is 18.4 Å². The first-order valence-electron chi connectivity index (χ1n) is 8.76. The molecule has 2 heterocycles. The lowest BCUT2D eigenvalue weighted by Crippen LogP contribution is -2.53. The molecule has 0 spiro atoms. The summed E-state index contributed by atoms with van der Waals surface area (Å²) in [7, 11) is 0. The smallest absolute Gasteiger partial charge is 0.0558 e. The normalized spacial score (nSPS) is 21.8. The minimum Gasteiger partial charge on any atom is -0.395 e. The lowest BCUT2D eigenvalue weighted by Gasteiger charge is -2.43. The van der Waals surface area contributed by atoms with Crippen molar-refractivity contribution in [2.24, 2.45) is 0 Å². The van der Waals surface area contributed by atoms with E-state index in [2.05, 4.69) is 39.8 Å². The molecule has 0 bridgehead atoms. The van der Waals surface area contributed by atoms with Gasteiger partial charge in [0.25, 0.3) is 0 Å². The average molecular weight is 338 g/mol. The monoisotopic (exact) mass is 337 g/mol. The molecule has 2 saturated heterocycles. The number of anilines is 1. The van der Waals surface area contributed by atoms with E-state index in [9.17, 15) is 0 Å². The number of aliphatic hydroxyl groups excluding tert-OH is 1. The van der Waals surface area contributed by atoms with Crippen LogP contribution in [0.25, 0.3) is 0 Å². The van der Waals surface area contributed by atoms with E-state index in [1.54, 1.807) is 0 Å². The fourth-order valence-electron chi connectivity index (χ4n) is 3.76. The van der Waals surface area contributed by atoms with Gasteiger partial charge in [0.05, 0.1) is 6.61 Å². The maximum Gasteiger partial charge on any atom is 0.0558 e. The number of rotatable bonds is 4. The molecule has 4 nitrogen and oxygen atoms in total. The summed E-state index contributed by atoms with van der Waals surface area (Å²) in [5.41, 5.74) is 2.40. The lowest BCUT2D eigenvalue weighted by atomic mass is 10.0. The third kappa shape index (κ3) is 4.18. The van der Waals surface area contributed by atoms with Gasteiger partial charge in [0, 0.05) is 62.6 Å². The number of aryl methyl sites for hydroxylation is 1. The summed E-state index contributed by atoms with van der Waals surface area (Å²) in [5, 5.41) is 9.90. The highest BCUT2D eigenvalue weighted by Crippen LogP contribution is 2.27. The SMILES string of the molecule is Cc1ccc(N2CCC(N3CCN(CCO)CC3)CC2)cc1Cl. The summed E-state index contributed by atoms with van der Waals surface area (Å²) < 4.78 is 0. The molecule has 128 valence electrons. The van der Waals surface area contributed by atoms with Crippen molar-refractivity contribution >= 4 is 17.3 Å². The Kier molecular flexibility index (Phi) is 5.81. The van der Waals surface area contributed by atoms with Gasteiger partial charge in [0.15, 0.2) is 0 Å². The van der Waals surface area contributed by atoms with E-state index in [0.29, 0.717) is 6.04 Å². The summed E-state index contributed by atoms with van der Waals surface area (Å²) in [5.74, 6) is 0. The third-order valence-corrected chi connectivity index (χ3v) is 5.73. The zero-order valence-electron chi connectivity index (χ0n) is 14.0. The van der Waals surface area contributed by atoms with Gasteiger partial charge in [-0.25, -0.2) is 0 Å². The number of hydrogen-bond acceptors (Lipinski definition) is 4. The van der Waals surface area contributed by atoms with Crippen molar-refractivity contribution < 1.29 is 5.11 Å². The van der Waals surface area contributed by atoms with Crippen molar-refractivity contribution in [1.82, 2.24) is 9.80 Å². The number of benzene rings is 1. The summed E-state index contributed by atoms with van der Waals surface area (Å²) in [6.07, 6.45) is 2.46. The second-order valence-electron chi connectivity index (χ2n) is 6.75. The van der Waals surface area contributed by atoms with Gasteiger partial charge in [0.1, 0.15) is 0 Å². The van der Waals surface area contributed by atoms with Crippen LogP contribution in [0.15, 0.2) is 18.2 Å². The van der Waals surface area contributed by atoms with E-state index >= 15 is 0 Å².